The third kappa shape index (κ3) is 3.57. The van der Waals surface area contributed by atoms with E-state index in [1.165, 1.54) is 0 Å². The Kier molecular flexibility index (Phi) is 4.76. The SMILES string of the molecule is Clc1nc2ccccc2nc1OC(c1cccnc1)C1CCOCC1. The third-order valence-corrected chi connectivity index (χ3v) is 4.69. The summed E-state index contributed by atoms with van der Waals surface area (Å²) >= 11 is 6.33. The number of ether oxygens (including phenoxy) is 2. The molecule has 1 saturated heterocycles. The standard InChI is InChI=1S/C19H18ClN3O2/c20-18-19(23-16-6-2-1-5-15(16)22-18)25-17(13-7-10-24-11-8-13)14-4-3-9-21-12-14/h1-6,9,12-13,17H,7-8,10-11H2. The molecule has 1 aliphatic heterocycles. The molecule has 0 bridgehead atoms. The van der Waals surface area contributed by atoms with Crippen molar-refractivity contribution in [2.45, 2.75) is 18.9 Å². The molecule has 0 spiro atoms. The second kappa shape index (κ2) is 7.33. The molecule has 128 valence electrons. The normalized spacial score (nSPS) is 16.7. The molecule has 1 unspecified atom stereocenters. The van der Waals surface area contributed by atoms with Crippen molar-refractivity contribution in [2.24, 2.45) is 5.92 Å². The van der Waals surface area contributed by atoms with Gasteiger partial charge in [0, 0.05) is 37.1 Å². The van der Waals surface area contributed by atoms with Gasteiger partial charge < -0.3 is 9.47 Å². The topological polar surface area (TPSA) is 57.1 Å². The lowest BCUT2D eigenvalue weighted by molar-refractivity contribution is 0.0156. The Morgan fingerprint density at radius 1 is 1.04 bits per heavy atom. The van der Waals surface area contributed by atoms with E-state index in [9.17, 15) is 0 Å². The van der Waals surface area contributed by atoms with Crippen molar-refractivity contribution in [3.8, 4) is 5.88 Å². The Hall–Kier alpha value is -2.24. The maximum atomic E-state index is 6.33. The van der Waals surface area contributed by atoms with Crippen molar-refractivity contribution in [2.75, 3.05) is 13.2 Å². The van der Waals surface area contributed by atoms with Crippen LogP contribution in [0.2, 0.25) is 5.15 Å². The Morgan fingerprint density at radius 2 is 1.80 bits per heavy atom. The Labute approximate surface area is 151 Å². The molecule has 1 fully saturated rings. The number of rotatable bonds is 4. The highest BCUT2D eigenvalue weighted by Crippen LogP contribution is 2.35. The molecule has 3 heterocycles. The zero-order chi connectivity index (χ0) is 17.1. The molecule has 3 aromatic rings. The van der Waals surface area contributed by atoms with E-state index >= 15 is 0 Å². The summed E-state index contributed by atoms with van der Waals surface area (Å²) in [5, 5.41) is 0.277. The number of halogens is 1. The minimum absolute atomic E-state index is 0.175. The Bertz CT molecular complexity index is 854. The van der Waals surface area contributed by atoms with Crippen LogP contribution in [-0.2, 0) is 4.74 Å². The van der Waals surface area contributed by atoms with Gasteiger partial charge in [-0.25, -0.2) is 9.97 Å². The molecule has 2 aromatic heterocycles. The largest absolute Gasteiger partial charge is 0.467 e. The highest BCUT2D eigenvalue weighted by molar-refractivity contribution is 6.31. The minimum Gasteiger partial charge on any atom is -0.467 e. The van der Waals surface area contributed by atoms with Crippen molar-refractivity contribution in [1.29, 1.82) is 0 Å². The Balaban J connectivity index is 1.69. The van der Waals surface area contributed by atoms with Crippen LogP contribution in [-0.4, -0.2) is 28.2 Å². The van der Waals surface area contributed by atoms with Crippen LogP contribution in [0.3, 0.4) is 0 Å². The lowest BCUT2D eigenvalue weighted by Gasteiger charge is -2.30. The highest BCUT2D eigenvalue weighted by Gasteiger charge is 2.29. The van der Waals surface area contributed by atoms with Gasteiger partial charge in [-0.3, -0.25) is 4.98 Å². The average molecular weight is 356 g/mol. The molecule has 25 heavy (non-hydrogen) atoms. The number of aromatic nitrogens is 3. The highest BCUT2D eigenvalue weighted by atomic mass is 35.5. The van der Waals surface area contributed by atoms with Gasteiger partial charge in [0.2, 0.25) is 0 Å². The van der Waals surface area contributed by atoms with Crippen molar-refractivity contribution < 1.29 is 9.47 Å². The summed E-state index contributed by atoms with van der Waals surface area (Å²) in [6.07, 6.45) is 5.28. The van der Waals surface area contributed by atoms with Crippen molar-refractivity contribution in [1.82, 2.24) is 15.0 Å². The zero-order valence-electron chi connectivity index (χ0n) is 13.6. The fourth-order valence-electron chi connectivity index (χ4n) is 3.16. The van der Waals surface area contributed by atoms with Crippen LogP contribution >= 0.6 is 11.6 Å². The summed E-state index contributed by atoms with van der Waals surface area (Å²) in [4.78, 5) is 13.2. The van der Waals surface area contributed by atoms with E-state index < -0.39 is 0 Å². The smallest absolute Gasteiger partial charge is 0.253 e. The molecule has 1 aromatic carbocycles. The van der Waals surface area contributed by atoms with E-state index in [-0.39, 0.29) is 11.3 Å². The summed E-state index contributed by atoms with van der Waals surface area (Å²) in [6.45, 7) is 1.48. The first-order valence-electron chi connectivity index (χ1n) is 8.38. The number of para-hydroxylation sites is 2. The van der Waals surface area contributed by atoms with Gasteiger partial charge in [-0.1, -0.05) is 29.8 Å². The molecule has 5 nitrogen and oxygen atoms in total. The third-order valence-electron chi connectivity index (χ3n) is 4.44. The Morgan fingerprint density at radius 3 is 2.52 bits per heavy atom. The van der Waals surface area contributed by atoms with Gasteiger partial charge in [-0.2, -0.15) is 0 Å². The molecule has 6 heteroatoms. The first-order chi connectivity index (χ1) is 12.3. The molecule has 1 aliphatic rings. The van der Waals surface area contributed by atoms with Gasteiger partial charge in [0.1, 0.15) is 6.10 Å². The number of hydrogen-bond acceptors (Lipinski definition) is 5. The van der Waals surface area contributed by atoms with Crippen LogP contribution in [0.1, 0.15) is 24.5 Å². The molecule has 0 N–H and O–H groups in total. The number of benzene rings is 1. The molecule has 0 saturated carbocycles. The second-order valence-corrected chi connectivity index (χ2v) is 6.44. The predicted molar refractivity (Wildman–Crippen MR) is 95.7 cm³/mol. The minimum atomic E-state index is -0.175. The molecular weight excluding hydrogens is 338 g/mol. The van der Waals surface area contributed by atoms with Crippen LogP contribution in [0.4, 0.5) is 0 Å². The van der Waals surface area contributed by atoms with E-state index in [4.69, 9.17) is 21.1 Å². The monoisotopic (exact) mass is 355 g/mol. The van der Waals surface area contributed by atoms with Crippen molar-refractivity contribution in [3.05, 3.63) is 59.5 Å². The van der Waals surface area contributed by atoms with Crippen LogP contribution in [0.25, 0.3) is 11.0 Å². The van der Waals surface area contributed by atoms with Crippen molar-refractivity contribution in [3.63, 3.8) is 0 Å². The first kappa shape index (κ1) is 16.2. The van der Waals surface area contributed by atoms with E-state index in [1.54, 1.807) is 6.20 Å². The fraction of sp³-hybridized carbons (Fsp3) is 0.316. The molecule has 1 atom stereocenters. The number of pyridine rings is 1. The van der Waals surface area contributed by atoms with Crippen molar-refractivity contribution >= 4 is 22.6 Å². The maximum absolute atomic E-state index is 6.33. The quantitative estimate of drug-likeness (QED) is 0.701. The first-order valence-corrected chi connectivity index (χ1v) is 8.75. The van der Waals surface area contributed by atoms with Gasteiger partial charge in [-0.15, -0.1) is 0 Å². The number of fused-ring (bicyclic) bond motifs is 1. The van der Waals surface area contributed by atoms with Gasteiger partial charge >= 0.3 is 0 Å². The maximum Gasteiger partial charge on any atom is 0.253 e. The van der Waals surface area contributed by atoms with Crippen LogP contribution in [0, 0.1) is 5.92 Å². The number of hydrogen-bond donors (Lipinski definition) is 0. The second-order valence-electron chi connectivity index (χ2n) is 6.08. The van der Waals surface area contributed by atoms with E-state index in [1.807, 2.05) is 42.6 Å². The van der Waals surface area contributed by atoms with Gasteiger partial charge in [0.15, 0.2) is 5.15 Å². The molecular formula is C19H18ClN3O2. The van der Waals surface area contributed by atoms with Crippen LogP contribution < -0.4 is 4.74 Å². The summed E-state index contributed by atoms with van der Waals surface area (Å²) in [6, 6.07) is 11.6. The average Bonchev–Trinajstić information content (AvgIpc) is 2.67. The summed E-state index contributed by atoms with van der Waals surface area (Å²) in [5.41, 5.74) is 2.53. The van der Waals surface area contributed by atoms with Gasteiger partial charge in [0.05, 0.1) is 11.0 Å². The molecule has 4 rings (SSSR count). The molecule has 0 radical (unpaired) electrons. The lowest BCUT2D eigenvalue weighted by atomic mass is 9.90. The lowest BCUT2D eigenvalue weighted by Crippen LogP contribution is -2.26. The van der Waals surface area contributed by atoms with Crippen LogP contribution in [0.5, 0.6) is 5.88 Å². The fourth-order valence-corrected chi connectivity index (χ4v) is 3.33. The van der Waals surface area contributed by atoms with E-state index in [0.717, 1.165) is 42.7 Å². The molecule has 0 aliphatic carbocycles. The predicted octanol–water partition coefficient (Wildman–Crippen LogP) is 4.22. The summed E-state index contributed by atoms with van der Waals surface area (Å²) in [5.74, 6) is 0.683. The number of nitrogens with zero attached hydrogens (tertiary/aromatic N) is 3. The van der Waals surface area contributed by atoms with E-state index in [2.05, 4.69) is 15.0 Å². The van der Waals surface area contributed by atoms with E-state index in [0.29, 0.717) is 11.8 Å². The zero-order valence-corrected chi connectivity index (χ0v) is 14.4. The summed E-state index contributed by atoms with van der Waals surface area (Å²) < 4.78 is 11.8. The van der Waals surface area contributed by atoms with Gasteiger partial charge in [-0.05, 0) is 31.0 Å². The van der Waals surface area contributed by atoms with Gasteiger partial charge in [0.25, 0.3) is 5.88 Å². The molecule has 0 amide bonds. The van der Waals surface area contributed by atoms with Crippen LogP contribution in [0.15, 0.2) is 48.8 Å². The summed E-state index contributed by atoms with van der Waals surface area (Å²) in [7, 11) is 0.